The zero-order valence-corrected chi connectivity index (χ0v) is 22.7. The van der Waals surface area contributed by atoms with Gasteiger partial charge in [-0.15, -0.1) is 0 Å². The molecule has 0 aliphatic rings. The molecule has 0 radical (unpaired) electrons. The molecule has 0 rings (SSSR count). The van der Waals surface area contributed by atoms with Gasteiger partial charge in [0.05, 0.1) is 0 Å². The standard InChI is InChI=1S/C30H56O4/c1-3-5-7-9-10-11-12-13-14-15-16-18-23-27-30(33)34-28(24-20-17-8-6-4-2)25-21-19-22-26-29(31)32/h11-12,28H,3-10,13-27H2,1-2H3,(H,31,32)/b12-11-. The molecule has 0 amide bonds. The summed E-state index contributed by atoms with van der Waals surface area (Å²) >= 11 is 0. The Balaban J connectivity index is 3.88. The van der Waals surface area contributed by atoms with Crippen LogP contribution in [0.1, 0.15) is 162 Å². The number of esters is 1. The van der Waals surface area contributed by atoms with Crippen LogP contribution in [0.4, 0.5) is 0 Å². The molecule has 0 aliphatic carbocycles. The van der Waals surface area contributed by atoms with Gasteiger partial charge in [-0.05, 0) is 64.2 Å². The lowest BCUT2D eigenvalue weighted by atomic mass is 10.0. The number of hydrogen-bond acceptors (Lipinski definition) is 3. The summed E-state index contributed by atoms with van der Waals surface area (Å²) in [5.74, 6) is -0.775. The van der Waals surface area contributed by atoms with Crippen LogP contribution in [-0.4, -0.2) is 23.1 Å². The molecule has 0 spiro atoms. The van der Waals surface area contributed by atoms with Gasteiger partial charge in [0, 0.05) is 12.8 Å². The Hall–Kier alpha value is -1.32. The SMILES string of the molecule is CCCCCC/C=C\CCCCCCCC(=O)OC(CCCCCCC)CCCCCC(=O)O. The smallest absolute Gasteiger partial charge is 0.306 e. The van der Waals surface area contributed by atoms with Gasteiger partial charge in [-0.1, -0.05) is 96.6 Å². The second-order valence-electron chi connectivity index (χ2n) is 9.94. The largest absolute Gasteiger partial charge is 0.481 e. The minimum atomic E-state index is -0.729. The lowest BCUT2D eigenvalue weighted by molar-refractivity contribution is -0.150. The summed E-state index contributed by atoms with van der Waals surface area (Å²) in [5.41, 5.74) is 0. The summed E-state index contributed by atoms with van der Waals surface area (Å²) in [5, 5.41) is 8.77. The number of unbranched alkanes of at least 4 members (excludes halogenated alkanes) is 15. The van der Waals surface area contributed by atoms with E-state index in [0.717, 1.165) is 44.9 Å². The van der Waals surface area contributed by atoms with E-state index in [-0.39, 0.29) is 18.5 Å². The van der Waals surface area contributed by atoms with Gasteiger partial charge in [0.1, 0.15) is 6.10 Å². The molecule has 0 aromatic heterocycles. The van der Waals surface area contributed by atoms with E-state index in [1.807, 2.05) is 0 Å². The fraction of sp³-hybridized carbons (Fsp3) is 0.867. The van der Waals surface area contributed by atoms with E-state index < -0.39 is 5.97 Å². The first-order valence-corrected chi connectivity index (χ1v) is 14.7. The Bertz CT molecular complexity index is 486. The number of carboxylic acids is 1. The number of allylic oxidation sites excluding steroid dienone is 2. The molecule has 0 fully saturated rings. The van der Waals surface area contributed by atoms with Crippen molar-refractivity contribution in [3.8, 4) is 0 Å². The molecule has 1 N–H and O–H groups in total. The van der Waals surface area contributed by atoms with Crippen LogP contribution < -0.4 is 0 Å². The van der Waals surface area contributed by atoms with E-state index in [2.05, 4.69) is 26.0 Å². The van der Waals surface area contributed by atoms with E-state index >= 15 is 0 Å². The Kier molecular flexibility index (Phi) is 25.3. The van der Waals surface area contributed by atoms with E-state index in [9.17, 15) is 9.59 Å². The Morgan fingerprint density at radius 3 is 1.65 bits per heavy atom. The van der Waals surface area contributed by atoms with E-state index in [1.54, 1.807) is 0 Å². The third kappa shape index (κ3) is 25.3. The van der Waals surface area contributed by atoms with Crippen LogP contribution in [-0.2, 0) is 14.3 Å². The maximum Gasteiger partial charge on any atom is 0.306 e. The lowest BCUT2D eigenvalue weighted by Crippen LogP contribution is -2.18. The van der Waals surface area contributed by atoms with Gasteiger partial charge in [-0.25, -0.2) is 0 Å². The Labute approximate surface area is 211 Å². The zero-order chi connectivity index (χ0) is 25.1. The number of ether oxygens (including phenoxy) is 1. The van der Waals surface area contributed by atoms with Gasteiger partial charge in [0.25, 0.3) is 0 Å². The highest BCUT2D eigenvalue weighted by molar-refractivity contribution is 5.69. The highest BCUT2D eigenvalue weighted by Crippen LogP contribution is 2.17. The van der Waals surface area contributed by atoms with Crippen LogP contribution >= 0.6 is 0 Å². The monoisotopic (exact) mass is 480 g/mol. The predicted octanol–water partition coefficient (Wildman–Crippen LogP) is 9.55. The van der Waals surface area contributed by atoms with Gasteiger partial charge < -0.3 is 9.84 Å². The third-order valence-corrected chi connectivity index (χ3v) is 6.49. The molecule has 1 unspecified atom stereocenters. The highest BCUT2D eigenvalue weighted by Gasteiger charge is 2.14. The Morgan fingerprint density at radius 2 is 1.06 bits per heavy atom. The summed E-state index contributed by atoms with van der Waals surface area (Å²) in [6.07, 6.45) is 29.3. The molecule has 0 saturated heterocycles. The quantitative estimate of drug-likeness (QED) is 0.0760. The zero-order valence-electron chi connectivity index (χ0n) is 22.7. The van der Waals surface area contributed by atoms with Crippen molar-refractivity contribution in [2.45, 2.75) is 168 Å². The number of carbonyl (C=O) groups is 2. The molecule has 0 aromatic rings. The van der Waals surface area contributed by atoms with Crippen LogP contribution in [0, 0.1) is 0 Å². The first-order chi connectivity index (χ1) is 16.6. The fourth-order valence-electron chi connectivity index (χ4n) is 4.29. The van der Waals surface area contributed by atoms with Gasteiger partial charge in [-0.3, -0.25) is 9.59 Å². The summed E-state index contributed by atoms with van der Waals surface area (Å²) in [4.78, 5) is 23.0. The van der Waals surface area contributed by atoms with Gasteiger partial charge in [0.2, 0.25) is 0 Å². The molecular weight excluding hydrogens is 424 g/mol. The first kappa shape index (κ1) is 32.7. The van der Waals surface area contributed by atoms with Crippen LogP contribution in [0.2, 0.25) is 0 Å². The molecule has 200 valence electrons. The van der Waals surface area contributed by atoms with Gasteiger partial charge in [0.15, 0.2) is 0 Å². The summed E-state index contributed by atoms with van der Waals surface area (Å²) in [6.45, 7) is 4.47. The number of rotatable bonds is 26. The van der Waals surface area contributed by atoms with Crippen molar-refractivity contribution >= 4 is 11.9 Å². The van der Waals surface area contributed by atoms with Crippen LogP contribution in [0.3, 0.4) is 0 Å². The van der Waals surface area contributed by atoms with Crippen molar-refractivity contribution in [1.82, 2.24) is 0 Å². The molecule has 0 saturated carbocycles. The minimum absolute atomic E-state index is 0.00714. The molecule has 0 aliphatic heterocycles. The molecule has 1 atom stereocenters. The third-order valence-electron chi connectivity index (χ3n) is 6.49. The van der Waals surface area contributed by atoms with Crippen LogP contribution in [0.25, 0.3) is 0 Å². The summed E-state index contributed by atoms with van der Waals surface area (Å²) in [6, 6.07) is 0. The average Bonchev–Trinajstić information content (AvgIpc) is 2.81. The summed E-state index contributed by atoms with van der Waals surface area (Å²) in [7, 11) is 0. The highest BCUT2D eigenvalue weighted by atomic mass is 16.5. The second-order valence-corrected chi connectivity index (χ2v) is 9.94. The van der Waals surface area contributed by atoms with E-state index in [0.29, 0.717) is 12.8 Å². The Morgan fingerprint density at radius 1 is 0.618 bits per heavy atom. The molecule has 0 aromatic carbocycles. The number of carbonyl (C=O) groups excluding carboxylic acids is 1. The maximum absolute atomic E-state index is 12.4. The topological polar surface area (TPSA) is 63.6 Å². The van der Waals surface area contributed by atoms with Crippen molar-refractivity contribution in [1.29, 1.82) is 0 Å². The van der Waals surface area contributed by atoms with Crippen LogP contribution in [0.15, 0.2) is 12.2 Å². The summed E-state index contributed by atoms with van der Waals surface area (Å²) < 4.78 is 5.83. The second kappa shape index (κ2) is 26.3. The van der Waals surface area contributed by atoms with Gasteiger partial charge in [-0.2, -0.15) is 0 Å². The predicted molar refractivity (Wildman–Crippen MR) is 144 cm³/mol. The van der Waals surface area contributed by atoms with Crippen molar-refractivity contribution in [2.75, 3.05) is 0 Å². The van der Waals surface area contributed by atoms with E-state index in [1.165, 1.54) is 83.5 Å². The maximum atomic E-state index is 12.4. The molecular formula is C30H56O4. The minimum Gasteiger partial charge on any atom is -0.481 e. The molecule has 0 bridgehead atoms. The molecule has 4 nitrogen and oxygen atoms in total. The molecule has 0 heterocycles. The van der Waals surface area contributed by atoms with Crippen LogP contribution in [0.5, 0.6) is 0 Å². The van der Waals surface area contributed by atoms with Crippen molar-refractivity contribution in [3.05, 3.63) is 12.2 Å². The normalized spacial score (nSPS) is 12.3. The molecule has 4 heteroatoms. The number of carboxylic acid groups (broad SMARTS) is 1. The average molecular weight is 481 g/mol. The van der Waals surface area contributed by atoms with Crippen molar-refractivity contribution < 1.29 is 19.4 Å². The van der Waals surface area contributed by atoms with Gasteiger partial charge >= 0.3 is 11.9 Å². The van der Waals surface area contributed by atoms with E-state index in [4.69, 9.17) is 9.84 Å². The fourth-order valence-corrected chi connectivity index (χ4v) is 4.29. The lowest BCUT2D eigenvalue weighted by Gasteiger charge is -2.18. The number of aliphatic carboxylic acids is 1. The molecule has 34 heavy (non-hydrogen) atoms. The number of hydrogen-bond donors (Lipinski definition) is 1. The first-order valence-electron chi connectivity index (χ1n) is 14.7. The van der Waals surface area contributed by atoms with Crippen molar-refractivity contribution in [3.63, 3.8) is 0 Å². The van der Waals surface area contributed by atoms with Crippen molar-refractivity contribution in [2.24, 2.45) is 0 Å².